The lowest BCUT2D eigenvalue weighted by Crippen LogP contribution is -2.22. The molecule has 0 spiro atoms. The van der Waals surface area contributed by atoms with Crippen molar-refractivity contribution in [2.45, 2.75) is 39.5 Å². The fraction of sp³-hybridized carbons (Fsp3) is 0.348. The van der Waals surface area contributed by atoms with Crippen LogP contribution in [0.4, 0.5) is 5.82 Å². The summed E-state index contributed by atoms with van der Waals surface area (Å²) in [4.78, 5) is 26.7. The van der Waals surface area contributed by atoms with Gasteiger partial charge in [0, 0.05) is 10.9 Å². The van der Waals surface area contributed by atoms with E-state index in [1.165, 1.54) is 28.2 Å². The summed E-state index contributed by atoms with van der Waals surface area (Å²) in [5, 5.41) is 7.21. The van der Waals surface area contributed by atoms with E-state index in [9.17, 15) is 9.59 Å². The molecule has 3 aromatic rings. The van der Waals surface area contributed by atoms with E-state index in [0.717, 1.165) is 30.6 Å². The first kappa shape index (κ1) is 20.3. The minimum Gasteiger partial charge on any atom is -0.451 e. The Labute approximate surface area is 179 Å². The van der Waals surface area contributed by atoms with E-state index in [4.69, 9.17) is 4.74 Å². The van der Waals surface area contributed by atoms with Crippen LogP contribution in [0.5, 0.6) is 0 Å². The fourth-order valence-corrected chi connectivity index (χ4v) is 4.89. The molecule has 7 heteroatoms. The Kier molecular flexibility index (Phi) is 5.99. The zero-order chi connectivity index (χ0) is 21.1. The number of benzene rings is 1. The zero-order valence-corrected chi connectivity index (χ0v) is 18.0. The maximum Gasteiger partial charge on any atom is 0.348 e. The van der Waals surface area contributed by atoms with Gasteiger partial charge in [0.05, 0.1) is 11.4 Å². The van der Waals surface area contributed by atoms with Gasteiger partial charge in [-0.1, -0.05) is 31.5 Å². The summed E-state index contributed by atoms with van der Waals surface area (Å²) in [7, 11) is 0. The molecule has 1 amide bonds. The van der Waals surface area contributed by atoms with Crippen LogP contribution in [0.15, 0.2) is 42.5 Å². The molecule has 1 N–H and O–H groups in total. The Morgan fingerprint density at radius 1 is 1.27 bits per heavy atom. The Bertz CT molecular complexity index is 1060. The molecule has 1 aliphatic carbocycles. The third-order valence-corrected chi connectivity index (χ3v) is 6.61. The molecular formula is C23H25N3O3S. The number of nitrogens with zero attached hydrogens (tertiary/aromatic N) is 2. The highest BCUT2D eigenvalue weighted by molar-refractivity contribution is 7.14. The molecule has 1 atom stereocenters. The normalized spacial score (nSPS) is 15.5. The van der Waals surface area contributed by atoms with Crippen molar-refractivity contribution in [3.63, 3.8) is 0 Å². The molecule has 6 nitrogen and oxygen atoms in total. The van der Waals surface area contributed by atoms with Crippen LogP contribution >= 0.6 is 11.3 Å². The van der Waals surface area contributed by atoms with Gasteiger partial charge in [-0.25, -0.2) is 9.48 Å². The minimum atomic E-state index is -0.439. The van der Waals surface area contributed by atoms with E-state index in [-0.39, 0.29) is 6.61 Å². The van der Waals surface area contributed by atoms with Crippen LogP contribution in [0.3, 0.4) is 0 Å². The average Bonchev–Trinajstić information content (AvgIpc) is 3.35. The number of aromatic nitrogens is 2. The average molecular weight is 424 g/mol. The number of para-hydroxylation sites is 1. The van der Waals surface area contributed by atoms with Crippen molar-refractivity contribution >= 4 is 29.0 Å². The van der Waals surface area contributed by atoms with Crippen molar-refractivity contribution in [3.8, 4) is 5.69 Å². The Morgan fingerprint density at radius 3 is 2.83 bits per heavy atom. The van der Waals surface area contributed by atoms with Crippen LogP contribution < -0.4 is 5.32 Å². The predicted octanol–water partition coefficient (Wildman–Crippen LogP) is 4.55. The first-order chi connectivity index (χ1) is 14.5. The third kappa shape index (κ3) is 4.46. The molecule has 4 rings (SSSR count). The predicted molar refractivity (Wildman–Crippen MR) is 117 cm³/mol. The Morgan fingerprint density at radius 2 is 2.07 bits per heavy atom. The highest BCUT2D eigenvalue weighted by Gasteiger charge is 2.23. The molecule has 1 aliphatic rings. The molecule has 0 fully saturated rings. The van der Waals surface area contributed by atoms with Crippen molar-refractivity contribution < 1.29 is 14.3 Å². The number of ether oxygens (including phenoxy) is 1. The number of rotatable bonds is 6. The molecule has 0 unspecified atom stereocenters. The van der Waals surface area contributed by atoms with Crippen LogP contribution in [0.1, 0.15) is 45.6 Å². The highest BCUT2D eigenvalue weighted by atomic mass is 32.1. The molecular weight excluding hydrogens is 398 g/mol. The molecule has 0 saturated carbocycles. The second kappa shape index (κ2) is 8.83. The minimum absolute atomic E-state index is 0.335. The van der Waals surface area contributed by atoms with Crippen molar-refractivity contribution in [3.05, 3.63) is 63.5 Å². The van der Waals surface area contributed by atoms with Gasteiger partial charge in [-0.15, -0.1) is 11.3 Å². The Balaban J connectivity index is 1.37. The van der Waals surface area contributed by atoms with Gasteiger partial charge in [-0.3, -0.25) is 4.79 Å². The second-order valence-corrected chi connectivity index (χ2v) is 8.76. The van der Waals surface area contributed by atoms with E-state index < -0.39 is 11.9 Å². The highest BCUT2D eigenvalue weighted by Crippen LogP contribution is 2.33. The smallest absolute Gasteiger partial charge is 0.348 e. The first-order valence-corrected chi connectivity index (χ1v) is 11.1. The summed E-state index contributed by atoms with van der Waals surface area (Å²) < 4.78 is 6.93. The molecule has 0 bridgehead atoms. The van der Waals surface area contributed by atoms with Crippen LogP contribution in [0.2, 0.25) is 0 Å². The number of hydrogen-bond acceptors (Lipinski definition) is 5. The molecule has 30 heavy (non-hydrogen) atoms. The van der Waals surface area contributed by atoms with Gasteiger partial charge in [-0.2, -0.15) is 5.10 Å². The maximum absolute atomic E-state index is 12.5. The van der Waals surface area contributed by atoms with Crippen LogP contribution in [0, 0.1) is 12.8 Å². The van der Waals surface area contributed by atoms with Gasteiger partial charge in [0.1, 0.15) is 10.7 Å². The lowest BCUT2D eigenvalue weighted by Gasteiger charge is -2.19. The van der Waals surface area contributed by atoms with Gasteiger partial charge in [0.15, 0.2) is 6.61 Å². The number of esters is 1. The van der Waals surface area contributed by atoms with E-state index in [1.807, 2.05) is 43.3 Å². The number of carbonyl (C=O) groups excluding carboxylic acids is 2. The monoisotopic (exact) mass is 423 g/mol. The number of nitrogens with one attached hydrogen (secondary N) is 1. The van der Waals surface area contributed by atoms with Gasteiger partial charge >= 0.3 is 5.97 Å². The summed E-state index contributed by atoms with van der Waals surface area (Å²) in [5.41, 5.74) is 2.88. The molecule has 2 heterocycles. The fourth-order valence-electron chi connectivity index (χ4n) is 3.78. The molecule has 0 radical (unpaired) electrons. The SMILES string of the molecule is CC[C@@H]1CCc2sc(C(=O)OCC(=O)Nc3cc(C)nn3-c3ccccc3)cc2C1. The number of anilines is 1. The van der Waals surface area contributed by atoms with Crippen LogP contribution in [-0.2, 0) is 22.4 Å². The topological polar surface area (TPSA) is 73.2 Å². The number of aryl methyl sites for hydroxylation is 2. The van der Waals surface area contributed by atoms with E-state index in [0.29, 0.717) is 16.6 Å². The van der Waals surface area contributed by atoms with Crippen LogP contribution in [-0.4, -0.2) is 28.3 Å². The van der Waals surface area contributed by atoms with Gasteiger partial charge in [0.2, 0.25) is 0 Å². The van der Waals surface area contributed by atoms with Gasteiger partial charge in [0.25, 0.3) is 5.91 Å². The van der Waals surface area contributed by atoms with E-state index >= 15 is 0 Å². The summed E-state index contributed by atoms with van der Waals surface area (Å²) in [5.74, 6) is 0.398. The van der Waals surface area contributed by atoms with Crippen LogP contribution in [0.25, 0.3) is 5.69 Å². The quantitative estimate of drug-likeness (QED) is 0.590. The summed E-state index contributed by atoms with van der Waals surface area (Å²) in [6, 6.07) is 13.3. The van der Waals surface area contributed by atoms with Gasteiger partial charge in [-0.05, 0) is 55.9 Å². The molecule has 156 valence electrons. The second-order valence-electron chi connectivity index (χ2n) is 7.62. The third-order valence-electron chi connectivity index (χ3n) is 5.40. The van der Waals surface area contributed by atoms with Crippen molar-refractivity contribution in [1.29, 1.82) is 0 Å². The number of hydrogen-bond donors (Lipinski definition) is 1. The largest absolute Gasteiger partial charge is 0.451 e. The number of fused-ring (bicyclic) bond motifs is 1. The summed E-state index contributed by atoms with van der Waals surface area (Å²) in [6.07, 6.45) is 4.39. The summed E-state index contributed by atoms with van der Waals surface area (Å²) in [6.45, 7) is 3.73. The van der Waals surface area contributed by atoms with Crippen molar-refractivity contribution in [1.82, 2.24) is 9.78 Å². The summed E-state index contributed by atoms with van der Waals surface area (Å²) >= 11 is 1.49. The van der Waals surface area contributed by atoms with Gasteiger partial charge < -0.3 is 10.1 Å². The molecule has 1 aromatic carbocycles. The number of carbonyl (C=O) groups is 2. The molecule has 2 aromatic heterocycles. The standard InChI is InChI=1S/C23H25N3O3S/c1-3-16-9-10-19-17(12-16)13-20(30-19)23(28)29-14-22(27)24-21-11-15(2)25-26(21)18-7-5-4-6-8-18/h4-8,11,13,16H,3,9-10,12,14H2,1-2H3,(H,24,27)/t16-/m1/s1. The maximum atomic E-state index is 12.5. The number of amides is 1. The van der Waals surface area contributed by atoms with Crippen molar-refractivity contribution in [2.24, 2.45) is 5.92 Å². The lowest BCUT2D eigenvalue weighted by molar-refractivity contribution is -0.119. The van der Waals surface area contributed by atoms with E-state index in [1.54, 1.807) is 10.7 Å². The lowest BCUT2D eigenvalue weighted by atomic mass is 9.87. The Hall–Kier alpha value is -2.93. The molecule has 0 aliphatic heterocycles. The number of thiophene rings is 1. The van der Waals surface area contributed by atoms with Crippen molar-refractivity contribution in [2.75, 3.05) is 11.9 Å². The molecule has 0 saturated heterocycles. The zero-order valence-electron chi connectivity index (χ0n) is 17.2. The van der Waals surface area contributed by atoms with E-state index in [2.05, 4.69) is 17.3 Å². The first-order valence-electron chi connectivity index (χ1n) is 10.2.